The molecule has 0 saturated carbocycles. The Balaban J connectivity index is 1.94. The Kier molecular flexibility index (Phi) is 3.39. The Morgan fingerprint density at radius 3 is 2.55 bits per heavy atom. The van der Waals surface area contributed by atoms with E-state index in [1.165, 1.54) is 0 Å². The lowest BCUT2D eigenvalue weighted by Crippen LogP contribution is -2.18. The highest BCUT2D eigenvalue weighted by molar-refractivity contribution is 5.80. The SMILES string of the molecule is CC(N)Cc1cnc(-c2ccc3ccccc3n2)nc1. The minimum atomic E-state index is 0.114. The summed E-state index contributed by atoms with van der Waals surface area (Å²) in [5, 5.41) is 1.12. The average Bonchev–Trinajstić information content (AvgIpc) is 2.47. The molecule has 0 aliphatic heterocycles. The van der Waals surface area contributed by atoms with Crippen molar-refractivity contribution in [3.63, 3.8) is 0 Å². The van der Waals surface area contributed by atoms with Crippen LogP contribution in [-0.4, -0.2) is 21.0 Å². The van der Waals surface area contributed by atoms with Crippen molar-refractivity contribution in [2.45, 2.75) is 19.4 Å². The largest absolute Gasteiger partial charge is 0.328 e. The molecule has 0 fully saturated rings. The molecule has 0 saturated heterocycles. The molecular weight excluding hydrogens is 248 g/mol. The van der Waals surface area contributed by atoms with Crippen molar-refractivity contribution in [3.8, 4) is 11.5 Å². The predicted molar refractivity (Wildman–Crippen MR) is 80.1 cm³/mol. The first-order valence-corrected chi connectivity index (χ1v) is 6.65. The van der Waals surface area contributed by atoms with Crippen LogP contribution in [0.25, 0.3) is 22.4 Å². The summed E-state index contributed by atoms with van der Waals surface area (Å²) in [6.45, 7) is 1.97. The Morgan fingerprint density at radius 1 is 1.05 bits per heavy atom. The number of nitrogens with two attached hydrogens (primary N) is 1. The van der Waals surface area contributed by atoms with Gasteiger partial charge in [0.25, 0.3) is 0 Å². The summed E-state index contributed by atoms with van der Waals surface area (Å²) in [4.78, 5) is 13.3. The maximum absolute atomic E-state index is 5.77. The van der Waals surface area contributed by atoms with E-state index in [1.807, 2.05) is 55.7 Å². The Hall–Kier alpha value is -2.33. The number of para-hydroxylation sites is 1. The quantitative estimate of drug-likeness (QED) is 0.789. The first kappa shape index (κ1) is 12.7. The van der Waals surface area contributed by atoms with Crippen LogP contribution in [0.4, 0.5) is 0 Å². The Bertz CT molecular complexity index is 720. The molecule has 3 rings (SSSR count). The zero-order chi connectivity index (χ0) is 13.9. The van der Waals surface area contributed by atoms with E-state index in [4.69, 9.17) is 5.73 Å². The lowest BCUT2D eigenvalue weighted by atomic mass is 10.1. The van der Waals surface area contributed by atoms with Gasteiger partial charge in [-0.15, -0.1) is 0 Å². The molecule has 2 aromatic heterocycles. The highest BCUT2D eigenvalue weighted by Crippen LogP contribution is 2.17. The average molecular weight is 264 g/mol. The Morgan fingerprint density at radius 2 is 1.80 bits per heavy atom. The summed E-state index contributed by atoms with van der Waals surface area (Å²) >= 11 is 0. The van der Waals surface area contributed by atoms with Gasteiger partial charge in [0.05, 0.1) is 5.52 Å². The number of pyridine rings is 1. The second kappa shape index (κ2) is 5.35. The predicted octanol–water partition coefficient (Wildman–Crippen LogP) is 2.58. The number of nitrogens with zero attached hydrogens (tertiary/aromatic N) is 3. The Labute approximate surface area is 117 Å². The molecule has 1 unspecified atom stereocenters. The standard InChI is InChI=1S/C16H16N4/c1-11(17)8-12-9-18-16(19-10-12)15-7-6-13-4-2-3-5-14(13)20-15/h2-7,9-11H,8,17H2,1H3. The van der Waals surface area contributed by atoms with Gasteiger partial charge in [0.15, 0.2) is 5.82 Å². The van der Waals surface area contributed by atoms with E-state index in [1.54, 1.807) is 0 Å². The van der Waals surface area contributed by atoms with Crippen LogP contribution in [0.3, 0.4) is 0 Å². The monoisotopic (exact) mass is 264 g/mol. The molecule has 4 nitrogen and oxygen atoms in total. The molecule has 2 heterocycles. The van der Waals surface area contributed by atoms with Crippen molar-refractivity contribution in [3.05, 3.63) is 54.4 Å². The topological polar surface area (TPSA) is 64.7 Å². The number of aromatic nitrogens is 3. The van der Waals surface area contributed by atoms with Gasteiger partial charge in [-0.1, -0.05) is 24.3 Å². The van der Waals surface area contributed by atoms with Gasteiger partial charge in [-0.2, -0.15) is 0 Å². The summed E-state index contributed by atoms with van der Waals surface area (Å²) in [6.07, 6.45) is 4.43. The molecular formula is C16H16N4. The third-order valence-corrected chi connectivity index (χ3v) is 3.09. The second-order valence-electron chi connectivity index (χ2n) is 4.99. The maximum atomic E-state index is 5.77. The lowest BCUT2D eigenvalue weighted by molar-refractivity contribution is 0.732. The van der Waals surface area contributed by atoms with Crippen LogP contribution in [0.5, 0.6) is 0 Å². The third-order valence-electron chi connectivity index (χ3n) is 3.09. The van der Waals surface area contributed by atoms with Gasteiger partial charge in [0, 0.05) is 23.8 Å². The van der Waals surface area contributed by atoms with Gasteiger partial charge in [-0.3, -0.25) is 0 Å². The van der Waals surface area contributed by atoms with Gasteiger partial charge in [-0.25, -0.2) is 15.0 Å². The molecule has 100 valence electrons. The van der Waals surface area contributed by atoms with Crippen molar-refractivity contribution in [2.75, 3.05) is 0 Å². The molecule has 0 aliphatic rings. The second-order valence-corrected chi connectivity index (χ2v) is 4.99. The van der Waals surface area contributed by atoms with Crippen LogP contribution in [-0.2, 0) is 6.42 Å². The molecule has 3 aromatic rings. The number of benzene rings is 1. The fourth-order valence-electron chi connectivity index (χ4n) is 2.15. The van der Waals surface area contributed by atoms with E-state index in [-0.39, 0.29) is 6.04 Å². The minimum absolute atomic E-state index is 0.114. The van der Waals surface area contributed by atoms with E-state index in [9.17, 15) is 0 Å². The van der Waals surface area contributed by atoms with Crippen molar-refractivity contribution < 1.29 is 0 Å². The maximum Gasteiger partial charge on any atom is 0.178 e. The van der Waals surface area contributed by atoms with Crippen molar-refractivity contribution in [1.29, 1.82) is 0 Å². The summed E-state index contributed by atoms with van der Waals surface area (Å²) in [7, 11) is 0. The zero-order valence-electron chi connectivity index (χ0n) is 11.3. The van der Waals surface area contributed by atoms with E-state index < -0.39 is 0 Å². The van der Waals surface area contributed by atoms with Crippen LogP contribution in [0, 0.1) is 0 Å². The van der Waals surface area contributed by atoms with Crippen LogP contribution < -0.4 is 5.73 Å². The van der Waals surface area contributed by atoms with Crippen molar-refractivity contribution in [1.82, 2.24) is 15.0 Å². The summed E-state index contributed by atoms with van der Waals surface area (Å²) in [5.41, 5.74) is 8.55. The van der Waals surface area contributed by atoms with Gasteiger partial charge >= 0.3 is 0 Å². The third kappa shape index (κ3) is 2.65. The number of fused-ring (bicyclic) bond motifs is 1. The van der Waals surface area contributed by atoms with Gasteiger partial charge in [0.1, 0.15) is 5.69 Å². The minimum Gasteiger partial charge on any atom is -0.328 e. The number of hydrogen-bond donors (Lipinski definition) is 1. The van der Waals surface area contributed by atoms with Gasteiger partial charge in [-0.05, 0) is 31.0 Å². The molecule has 4 heteroatoms. The van der Waals surface area contributed by atoms with Gasteiger partial charge < -0.3 is 5.73 Å². The summed E-state index contributed by atoms with van der Waals surface area (Å²) < 4.78 is 0. The number of hydrogen-bond acceptors (Lipinski definition) is 4. The first-order chi connectivity index (χ1) is 9.72. The summed E-state index contributed by atoms with van der Waals surface area (Å²) in [6, 6.07) is 12.1. The smallest absolute Gasteiger partial charge is 0.178 e. The molecule has 0 radical (unpaired) electrons. The fourth-order valence-corrected chi connectivity index (χ4v) is 2.15. The molecule has 0 aliphatic carbocycles. The summed E-state index contributed by atoms with van der Waals surface area (Å²) in [5.74, 6) is 0.643. The molecule has 0 amide bonds. The molecule has 1 aromatic carbocycles. The van der Waals surface area contributed by atoms with E-state index in [0.29, 0.717) is 5.82 Å². The molecule has 2 N–H and O–H groups in total. The lowest BCUT2D eigenvalue weighted by Gasteiger charge is -2.05. The zero-order valence-corrected chi connectivity index (χ0v) is 11.3. The van der Waals surface area contributed by atoms with E-state index in [2.05, 4.69) is 15.0 Å². The van der Waals surface area contributed by atoms with Crippen molar-refractivity contribution >= 4 is 10.9 Å². The van der Waals surface area contributed by atoms with Gasteiger partial charge in [0.2, 0.25) is 0 Å². The van der Waals surface area contributed by atoms with Crippen LogP contribution in [0.1, 0.15) is 12.5 Å². The van der Waals surface area contributed by atoms with Crippen LogP contribution >= 0.6 is 0 Å². The molecule has 0 spiro atoms. The molecule has 1 atom stereocenters. The first-order valence-electron chi connectivity index (χ1n) is 6.65. The highest BCUT2D eigenvalue weighted by atomic mass is 14.9. The van der Waals surface area contributed by atoms with Crippen LogP contribution in [0.2, 0.25) is 0 Å². The molecule has 0 bridgehead atoms. The number of rotatable bonds is 3. The highest BCUT2D eigenvalue weighted by Gasteiger charge is 2.05. The van der Waals surface area contributed by atoms with E-state index >= 15 is 0 Å². The fraction of sp³-hybridized carbons (Fsp3) is 0.188. The van der Waals surface area contributed by atoms with Crippen molar-refractivity contribution in [2.24, 2.45) is 5.73 Å². The molecule has 20 heavy (non-hydrogen) atoms. The van der Waals surface area contributed by atoms with Crippen LogP contribution in [0.15, 0.2) is 48.8 Å². The van der Waals surface area contributed by atoms with E-state index in [0.717, 1.165) is 28.6 Å². The normalized spacial score (nSPS) is 12.5.